The summed E-state index contributed by atoms with van der Waals surface area (Å²) in [7, 11) is 5.57. The van der Waals surface area contributed by atoms with E-state index in [0.717, 1.165) is 42.4 Å². The van der Waals surface area contributed by atoms with Gasteiger partial charge in [-0.05, 0) is 49.2 Å². The van der Waals surface area contributed by atoms with E-state index in [-0.39, 0.29) is 0 Å². The average molecular weight is 341 g/mol. The number of hydrogen-bond acceptors (Lipinski definition) is 5. The molecule has 0 bridgehead atoms. The molecule has 0 aromatic heterocycles. The third kappa shape index (κ3) is 2.78. The van der Waals surface area contributed by atoms with Crippen molar-refractivity contribution in [2.24, 2.45) is 0 Å². The maximum absolute atomic E-state index is 5.65. The number of nitrogens with zero attached hydrogens (tertiary/aromatic N) is 1. The lowest BCUT2D eigenvalue weighted by Gasteiger charge is -2.35. The van der Waals surface area contributed by atoms with Crippen molar-refractivity contribution < 1.29 is 18.9 Å². The van der Waals surface area contributed by atoms with E-state index >= 15 is 0 Å². The van der Waals surface area contributed by atoms with E-state index in [4.69, 9.17) is 18.9 Å². The molecule has 5 nitrogen and oxygen atoms in total. The normalized spacial score (nSPS) is 18.8. The predicted molar refractivity (Wildman–Crippen MR) is 94.9 cm³/mol. The van der Waals surface area contributed by atoms with Crippen molar-refractivity contribution in [3.05, 3.63) is 47.0 Å². The van der Waals surface area contributed by atoms with Crippen LogP contribution >= 0.6 is 0 Å². The molecular weight excluding hydrogens is 318 g/mol. The highest BCUT2D eigenvalue weighted by Crippen LogP contribution is 2.42. The van der Waals surface area contributed by atoms with E-state index in [2.05, 4.69) is 30.1 Å². The second kappa shape index (κ2) is 6.48. The molecule has 0 spiro atoms. The summed E-state index contributed by atoms with van der Waals surface area (Å²) in [6.45, 7) is 1.30. The Morgan fingerprint density at radius 2 is 1.92 bits per heavy atom. The van der Waals surface area contributed by atoms with Crippen LogP contribution in [0.4, 0.5) is 0 Å². The molecule has 0 fully saturated rings. The molecule has 25 heavy (non-hydrogen) atoms. The molecule has 0 N–H and O–H groups in total. The maximum atomic E-state index is 5.65. The number of benzene rings is 2. The average Bonchev–Trinajstić information content (AvgIpc) is 3.10. The molecule has 2 aliphatic rings. The highest BCUT2D eigenvalue weighted by molar-refractivity contribution is 5.53. The molecule has 2 heterocycles. The summed E-state index contributed by atoms with van der Waals surface area (Å²) in [5.41, 5.74) is 3.80. The van der Waals surface area contributed by atoms with Crippen LogP contribution in [0.3, 0.4) is 0 Å². The highest BCUT2D eigenvalue weighted by Gasteiger charge is 2.29. The molecule has 0 saturated carbocycles. The van der Waals surface area contributed by atoms with E-state index in [1.807, 2.05) is 12.1 Å². The van der Waals surface area contributed by atoms with Gasteiger partial charge in [-0.25, -0.2) is 0 Å². The third-order valence-electron chi connectivity index (χ3n) is 5.16. The lowest BCUT2D eigenvalue weighted by molar-refractivity contribution is 0.174. The number of methoxy groups -OCH3 is 2. The van der Waals surface area contributed by atoms with Crippen molar-refractivity contribution >= 4 is 0 Å². The molecule has 0 aliphatic carbocycles. The van der Waals surface area contributed by atoms with Crippen LogP contribution in [0.15, 0.2) is 30.3 Å². The summed E-state index contributed by atoms with van der Waals surface area (Å²) < 4.78 is 22.0. The third-order valence-corrected chi connectivity index (χ3v) is 5.16. The van der Waals surface area contributed by atoms with Crippen LogP contribution in [-0.4, -0.2) is 39.5 Å². The Balaban J connectivity index is 1.69. The fourth-order valence-corrected chi connectivity index (χ4v) is 3.81. The molecule has 2 aliphatic heterocycles. The number of fused-ring (bicyclic) bond motifs is 2. The van der Waals surface area contributed by atoms with Crippen LogP contribution in [-0.2, 0) is 12.8 Å². The number of likely N-dealkylation sites (N-methyl/N-ethyl adjacent to an activating group) is 1. The van der Waals surface area contributed by atoms with Gasteiger partial charge in [-0.3, -0.25) is 4.90 Å². The molecule has 132 valence electrons. The van der Waals surface area contributed by atoms with Crippen molar-refractivity contribution in [2.45, 2.75) is 18.9 Å². The zero-order valence-electron chi connectivity index (χ0n) is 14.9. The van der Waals surface area contributed by atoms with Gasteiger partial charge in [0.05, 0.1) is 14.2 Å². The summed E-state index contributed by atoms with van der Waals surface area (Å²) >= 11 is 0. The summed E-state index contributed by atoms with van der Waals surface area (Å²) in [5, 5.41) is 0. The van der Waals surface area contributed by atoms with Crippen molar-refractivity contribution in [3.8, 4) is 23.0 Å². The Labute approximate surface area is 148 Å². The van der Waals surface area contributed by atoms with Gasteiger partial charge in [-0.1, -0.05) is 12.1 Å². The lowest BCUT2D eigenvalue weighted by Crippen LogP contribution is -2.33. The largest absolute Gasteiger partial charge is 0.493 e. The van der Waals surface area contributed by atoms with Crippen LogP contribution < -0.4 is 18.9 Å². The summed E-state index contributed by atoms with van der Waals surface area (Å²) in [4.78, 5) is 2.40. The van der Waals surface area contributed by atoms with E-state index < -0.39 is 0 Å². The molecule has 0 amide bonds. The molecule has 5 heteroatoms. The van der Waals surface area contributed by atoms with Crippen molar-refractivity contribution in [3.63, 3.8) is 0 Å². The minimum absolute atomic E-state index is 0.295. The zero-order chi connectivity index (χ0) is 17.4. The summed E-state index contributed by atoms with van der Waals surface area (Å²) in [5.74, 6) is 3.33. The Hall–Kier alpha value is -2.40. The van der Waals surface area contributed by atoms with Gasteiger partial charge in [0.1, 0.15) is 0 Å². The lowest BCUT2D eigenvalue weighted by atomic mass is 9.88. The van der Waals surface area contributed by atoms with Crippen LogP contribution in [0.2, 0.25) is 0 Å². The number of hydrogen-bond donors (Lipinski definition) is 0. The molecule has 0 radical (unpaired) electrons. The van der Waals surface area contributed by atoms with Gasteiger partial charge in [-0.15, -0.1) is 0 Å². The molecule has 1 atom stereocenters. The minimum Gasteiger partial charge on any atom is -0.493 e. The van der Waals surface area contributed by atoms with E-state index in [9.17, 15) is 0 Å². The van der Waals surface area contributed by atoms with Gasteiger partial charge < -0.3 is 18.9 Å². The highest BCUT2D eigenvalue weighted by atomic mass is 16.7. The van der Waals surface area contributed by atoms with E-state index in [1.54, 1.807) is 14.2 Å². The molecule has 1 unspecified atom stereocenters. The standard InChI is InChI=1S/C20H23NO4/c1-21-9-8-15-14(5-7-18(22-2)20(15)23-3)16(21)10-13-4-6-17-19(11-13)25-12-24-17/h4-7,11,16H,8-10,12H2,1-3H3. The van der Waals surface area contributed by atoms with Crippen LogP contribution in [0.5, 0.6) is 23.0 Å². The minimum atomic E-state index is 0.295. The fraction of sp³-hybridized carbons (Fsp3) is 0.400. The first-order valence-corrected chi connectivity index (χ1v) is 8.53. The van der Waals surface area contributed by atoms with Crippen molar-refractivity contribution in [1.82, 2.24) is 4.90 Å². The van der Waals surface area contributed by atoms with E-state index in [0.29, 0.717) is 12.8 Å². The Bertz CT molecular complexity index is 790. The van der Waals surface area contributed by atoms with Gasteiger partial charge >= 0.3 is 0 Å². The molecule has 4 rings (SSSR count). The Kier molecular flexibility index (Phi) is 4.17. The quantitative estimate of drug-likeness (QED) is 0.854. The Morgan fingerprint density at radius 1 is 1.08 bits per heavy atom. The van der Waals surface area contributed by atoms with Crippen LogP contribution in [0.1, 0.15) is 22.7 Å². The first-order chi connectivity index (χ1) is 12.2. The molecular formula is C20H23NO4. The molecule has 2 aromatic carbocycles. The monoisotopic (exact) mass is 341 g/mol. The van der Waals surface area contributed by atoms with E-state index in [1.165, 1.54) is 16.7 Å². The van der Waals surface area contributed by atoms with Gasteiger partial charge in [-0.2, -0.15) is 0 Å². The summed E-state index contributed by atoms with van der Waals surface area (Å²) in [6.07, 6.45) is 1.87. The fourth-order valence-electron chi connectivity index (χ4n) is 3.81. The second-order valence-electron chi connectivity index (χ2n) is 6.51. The van der Waals surface area contributed by atoms with Crippen LogP contribution in [0.25, 0.3) is 0 Å². The number of ether oxygens (including phenoxy) is 4. The topological polar surface area (TPSA) is 40.2 Å². The van der Waals surface area contributed by atoms with Gasteiger partial charge in [0.25, 0.3) is 0 Å². The van der Waals surface area contributed by atoms with Crippen LogP contribution in [0, 0.1) is 0 Å². The Morgan fingerprint density at radius 3 is 2.72 bits per heavy atom. The molecule has 2 aromatic rings. The van der Waals surface area contributed by atoms with Gasteiger partial charge in [0.2, 0.25) is 6.79 Å². The SMILES string of the molecule is COc1ccc2c(c1OC)CCN(C)C2Cc1ccc2c(c1)OCO2. The number of rotatable bonds is 4. The second-order valence-corrected chi connectivity index (χ2v) is 6.51. The molecule has 0 saturated heterocycles. The zero-order valence-corrected chi connectivity index (χ0v) is 14.9. The first-order valence-electron chi connectivity index (χ1n) is 8.53. The van der Waals surface area contributed by atoms with Gasteiger partial charge in [0.15, 0.2) is 23.0 Å². The smallest absolute Gasteiger partial charge is 0.231 e. The predicted octanol–water partition coefficient (Wildman–Crippen LogP) is 3.20. The van der Waals surface area contributed by atoms with Gasteiger partial charge in [0, 0.05) is 18.2 Å². The maximum Gasteiger partial charge on any atom is 0.231 e. The first kappa shape index (κ1) is 16.1. The van der Waals surface area contributed by atoms with Crippen molar-refractivity contribution in [1.29, 1.82) is 0 Å². The summed E-state index contributed by atoms with van der Waals surface area (Å²) in [6, 6.07) is 10.7. The van der Waals surface area contributed by atoms with Crippen molar-refractivity contribution in [2.75, 3.05) is 34.6 Å².